The molecule has 140 valence electrons. The van der Waals surface area contributed by atoms with Gasteiger partial charge < -0.3 is 4.74 Å². The van der Waals surface area contributed by atoms with Crippen molar-refractivity contribution in [2.24, 2.45) is 9.98 Å². The minimum absolute atomic E-state index is 0.476. The summed E-state index contributed by atoms with van der Waals surface area (Å²) in [4.78, 5) is 8.77. The van der Waals surface area contributed by atoms with Crippen molar-refractivity contribution >= 4 is 18.2 Å². The van der Waals surface area contributed by atoms with Gasteiger partial charge in [0.05, 0.1) is 30.3 Å². The lowest BCUT2D eigenvalue weighted by Crippen LogP contribution is -2.61. The summed E-state index contributed by atoms with van der Waals surface area (Å²) in [5.74, 6) is 1.73. The van der Waals surface area contributed by atoms with E-state index in [4.69, 9.17) is 4.74 Å². The highest BCUT2D eigenvalue weighted by Crippen LogP contribution is 2.40. The number of para-hydroxylation sites is 1. The number of ether oxygens (including phenoxy) is 1. The molecule has 3 aliphatic rings. The molecule has 5 heteroatoms. The van der Waals surface area contributed by atoms with Gasteiger partial charge in [0.15, 0.2) is 6.20 Å². The molecule has 2 aliphatic heterocycles. The molecule has 1 aliphatic carbocycles. The van der Waals surface area contributed by atoms with Gasteiger partial charge in [-0.3, -0.25) is 4.99 Å². The molecule has 0 spiro atoms. The monoisotopic (exact) mass is 371 g/mol. The number of nitrogens with zero attached hydrogens (tertiary/aromatic N) is 4. The van der Waals surface area contributed by atoms with Crippen molar-refractivity contribution < 1.29 is 9.33 Å². The summed E-state index contributed by atoms with van der Waals surface area (Å²) in [7, 11) is 0. The molecule has 1 unspecified atom stereocenters. The summed E-state index contributed by atoms with van der Waals surface area (Å²) in [6.07, 6.45) is 13.4. The second-order valence-corrected chi connectivity index (χ2v) is 7.43. The number of aliphatic imine (C=N–C) groups is 2. The first-order valence-electron chi connectivity index (χ1n) is 9.74. The van der Waals surface area contributed by atoms with E-state index in [0.29, 0.717) is 10.6 Å². The second-order valence-electron chi connectivity index (χ2n) is 7.43. The molecule has 0 N–H and O–H groups in total. The lowest BCUT2D eigenvalue weighted by molar-refractivity contribution is -0.746. The molecule has 1 saturated carbocycles. The number of hydrogen-bond acceptors (Lipinski definition) is 4. The molecule has 5 nitrogen and oxygen atoms in total. The van der Waals surface area contributed by atoms with E-state index in [0.717, 1.165) is 22.8 Å². The van der Waals surface area contributed by atoms with Crippen LogP contribution in [0.15, 0.2) is 82.8 Å². The Balaban J connectivity index is 1.51. The third-order valence-electron chi connectivity index (χ3n) is 5.62. The Morgan fingerprint density at radius 3 is 2.68 bits per heavy atom. The summed E-state index contributed by atoms with van der Waals surface area (Å²) >= 11 is 0. The molecule has 0 amide bonds. The van der Waals surface area contributed by atoms with Crippen LogP contribution < -0.4 is 9.75 Å². The predicted octanol–water partition coefficient (Wildman–Crippen LogP) is 5.32. The highest BCUT2D eigenvalue weighted by molar-refractivity contribution is 5.82. The highest BCUT2D eigenvalue weighted by Gasteiger charge is 2.46. The maximum absolute atomic E-state index is 6.08. The van der Waals surface area contributed by atoms with Crippen molar-refractivity contribution in [2.45, 2.75) is 32.2 Å². The summed E-state index contributed by atoms with van der Waals surface area (Å²) < 4.78 is 6.56. The van der Waals surface area contributed by atoms with E-state index in [1.807, 2.05) is 55.3 Å². The molecule has 2 aromatic carbocycles. The van der Waals surface area contributed by atoms with Crippen LogP contribution in [0.1, 0.15) is 24.8 Å². The van der Waals surface area contributed by atoms with Crippen LogP contribution in [0.3, 0.4) is 0 Å². The summed E-state index contributed by atoms with van der Waals surface area (Å²) in [6, 6.07) is 16.8. The van der Waals surface area contributed by atoms with E-state index in [1.54, 1.807) is 0 Å². The molecule has 0 saturated heterocycles. The van der Waals surface area contributed by atoms with Gasteiger partial charge in [0, 0.05) is 0 Å². The van der Waals surface area contributed by atoms with Crippen LogP contribution in [-0.4, -0.2) is 23.2 Å². The molecule has 5 rings (SSSR count). The Kier molecular flexibility index (Phi) is 4.10. The number of fused-ring (bicyclic) bond motifs is 1. The number of quaternary nitrogens is 1. The fourth-order valence-corrected chi connectivity index (χ4v) is 3.94. The summed E-state index contributed by atoms with van der Waals surface area (Å²) in [5, 5.41) is 2.45. The number of benzene rings is 2. The molecule has 0 bridgehead atoms. The second kappa shape index (κ2) is 6.77. The molecule has 0 aromatic heterocycles. The smallest absolute Gasteiger partial charge is 0.225 e. The van der Waals surface area contributed by atoms with Gasteiger partial charge in [-0.25, -0.2) is 10.0 Å². The zero-order valence-electron chi connectivity index (χ0n) is 15.9. The van der Waals surface area contributed by atoms with E-state index in [9.17, 15) is 0 Å². The maximum Gasteiger partial charge on any atom is 0.225 e. The number of anilines is 1. The van der Waals surface area contributed by atoms with Gasteiger partial charge in [0.25, 0.3) is 0 Å². The first kappa shape index (κ1) is 17.0. The van der Waals surface area contributed by atoms with Crippen molar-refractivity contribution in [3.63, 3.8) is 0 Å². The minimum atomic E-state index is 0.476. The number of rotatable bonds is 5. The van der Waals surface area contributed by atoms with Gasteiger partial charge in [-0.15, -0.1) is 4.59 Å². The van der Waals surface area contributed by atoms with E-state index in [1.165, 1.54) is 24.9 Å². The van der Waals surface area contributed by atoms with E-state index in [-0.39, 0.29) is 0 Å². The summed E-state index contributed by atoms with van der Waals surface area (Å²) in [5.41, 5.74) is 3.35. The molecule has 1 atom stereocenters. The average molecular weight is 371 g/mol. The standard InChI is InChI=1S/C23H23N4O/c1-18-14-20(10-11-23(18)28-22-8-3-2-4-9-22)26(19-6-5-7-19)27-13-12-24-15-21(27)16-25-17-27/h2-4,8-17,19H,5-7H2,1H3/q+1. The SMILES string of the molecule is Cc1cc(N(C2CCC2)[N+]23C=CN=CC2=CN=C3)ccc1Oc1ccccc1. The van der Waals surface area contributed by atoms with E-state index >= 15 is 0 Å². The normalized spacial score (nSPS) is 22.5. The van der Waals surface area contributed by atoms with Crippen LogP contribution in [0.4, 0.5) is 5.69 Å². The van der Waals surface area contributed by atoms with Gasteiger partial charge in [-0.1, -0.05) is 18.2 Å². The van der Waals surface area contributed by atoms with Gasteiger partial charge in [-0.2, -0.15) is 0 Å². The zero-order chi connectivity index (χ0) is 19.0. The van der Waals surface area contributed by atoms with Crippen molar-refractivity contribution in [2.75, 3.05) is 5.01 Å². The Hall–Kier alpha value is -3.18. The topological polar surface area (TPSA) is 37.2 Å². The van der Waals surface area contributed by atoms with Crippen LogP contribution in [0, 0.1) is 6.92 Å². The molecule has 2 aromatic rings. The van der Waals surface area contributed by atoms with Crippen LogP contribution in [0.2, 0.25) is 0 Å². The quantitative estimate of drug-likeness (QED) is 0.667. The van der Waals surface area contributed by atoms with Gasteiger partial charge >= 0.3 is 0 Å². The van der Waals surface area contributed by atoms with Crippen LogP contribution >= 0.6 is 0 Å². The first-order chi connectivity index (χ1) is 13.8. The van der Waals surface area contributed by atoms with Crippen molar-refractivity contribution in [1.29, 1.82) is 0 Å². The highest BCUT2D eigenvalue weighted by atomic mass is 16.5. The molecule has 2 heterocycles. The van der Waals surface area contributed by atoms with Crippen molar-refractivity contribution in [1.82, 2.24) is 0 Å². The number of hydrogen-bond donors (Lipinski definition) is 0. The largest absolute Gasteiger partial charge is 0.457 e. The zero-order valence-corrected chi connectivity index (χ0v) is 15.9. The van der Waals surface area contributed by atoms with Crippen LogP contribution in [0.5, 0.6) is 11.5 Å². The molecule has 1 fully saturated rings. The molecule has 28 heavy (non-hydrogen) atoms. The Bertz CT molecular complexity index is 1000. The van der Waals surface area contributed by atoms with Crippen LogP contribution in [0.25, 0.3) is 0 Å². The maximum atomic E-state index is 6.08. The number of aryl methyl sites for hydroxylation is 1. The minimum Gasteiger partial charge on any atom is -0.457 e. The first-order valence-corrected chi connectivity index (χ1v) is 9.74. The van der Waals surface area contributed by atoms with E-state index < -0.39 is 0 Å². The third kappa shape index (κ3) is 2.75. The van der Waals surface area contributed by atoms with Crippen LogP contribution in [-0.2, 0) is 0 Å². The van der Waals surface area contributed by atoms with Crippen molar-refractivity contribution in [3.05, 3.63) is 78.4 Å². The van der Waals surface area contributed by atoms with Gasteiger partial charge in [0.2, 0.25) is 12.0 Å². The molecule has 0 radical (unpaired) electrons. The Morgan fingerprint density at radius 1 is 1.07 bits per heavy atom. The van der Waals surface area contributed by atoms with Gasteiger partial charge in [0.1, 0.15) is 11.5 Å². The predicted molar refractivity (Wildman–Crippen MR) is 112 cm³/mol. The Labute approximate surface area is 165 Å². The lowest BCUT2D eigenvalue weighted by Gasteiger charge is -2.46. The molecular formula is C23H23N4O+. The Morgan fingerprint density at radius 2 is 1.93 bits per heavy atom. The molecular weight excluding hydrogens is 348 g/mol. The average Bonchev–Trinajstić information content (AvgIpc) is 3.12. The number of allylic oxidation sites excluding steroid dienone is 1. The van der Waals surface area contributed by atoms with Gasteiger partial charge in [-0.05, 0) is 62.1 Å². The summed E-state index contributed by atoms with van der Waals surface area (Å²) in [6.45, 7) is 2.10. The fourth-order valence-electron chi connectivity index (χ4n) is 3.94. The lowest BCUT2D eigenvalue weighted by atomic mass is 9.91. The van der Waals surface area contributed by atoms with E-state index in [2.05, 4.69) is 46.3 Å². The van der Waals surface area contributed by atoms with Crippen molar-refractivity contribution in [3.8, 4) is 11.5 Å². The fraction of sp³-hybridized carbons (Fsp3) is 0.217. The third-order valence-corrected chi connectivity index (χ3v) is 5.62.